The number of ether oxygens (including phenoxy) is 3. The number of pyridine rings is 1. The van der Waals surface area contributed by atoms with Crippen LogP contribution >= 0.6 is 0 Å². The Morgan fingerprint density at radius 2 is 2.03 bits per heavy atom. The van der Waals surface area contributed by atoms with Gasteiger partial charge in [-0.05, 0) is 74.2 Å². The summed E-state index contributed by atoms with van der Waals surface area (Å²) in [5, 5.41) is 17.0. The minimum Gasteiger partial charge on any atom is -0.497 e. The Morgan fingerprint density at radius 1 is 1.19 bits per heavy atom. The molecule has 2 unspecified atom stereocenters. The first-order valence-electron chi connectivity index (χ1n) is 12.5. The molecule has 0 spiro atoms. The van der Waals surface area contributed by atoms with Crippen molar-refractivity contribution in [2.75, 3.05) is 26.7 Å². The van der Waals surface area contributed by atoms with Gasteiger partial charge in [-0.1, -0.05) is 13.3 Å². The first-order chi connectivity index (χ1) is 17.6. The second-order valence-corrected chi connectivity index (χ2v) is 9.15. The van der Waals surface area contributed by atoms with E-state index in [-0.39, 0.29) is 6.79 Å². The van der Waals surface area contributed by atoms with Crippen molar-refractivity contribution >= 4 is 16.6 Å². The number of benzene rings is 2. The van der Waals surface area contributed by atoms with Crippen LogP contribution < -0.4 is 30.6 Å². The van der Waals surface area contributed by atoms with Crippen molar-refractivity contribution in [2.24, 2.45) is 0 Å². The van der Waals surface area contributed by atoms with Crippen molar-refractivity contribution in [3.05, 3.63) is 53.2 Å². The molecule has 8 heteroatoms. The first-order valence-corrected chi connectivity index (χ1v) is 12.5. The summed E-state index contributed by atoms with van der Waals surface area (Å²) in [4.78, 5) is 4.26. The third kappa shape index (κ3) is 5.81. The van der Waals surface area contributed by atoms with E-state index < -0.39 is 0 Å². The minimum atomic E-state index is 0.267. The molecule has 2 aliphatic rings. The molecule has 0 amide bonds. The smallest absolute Gasteiger partial charge is 0.231 e. The molecule has 36 heavy (non-hydrogen) atoms. The summed E-state index contributed by atoms with van der Waals surface area (Å²) < 4.78 is 15.9. The zero-order valence-electron chi connectivity index (χ0n) is 21.3. The van der Waals surface area contributed by atoms with Crippen LogP contribution in [-0.2, 0) is 13.0 Å². The van der Waals surface area contributed by atoms with Crippen LogP contribution in [0.25, 0.3) is 10.9 Å². The lowest BCUT2D eigenvalue weighted by Crippen LogP contribution is -2.40. The molecular weight excluding hydrogens is 454 g/mol. The summed E-state index contributed by atoms with van der Waals surface area (Å²) in [6.07, 6.45) is 7.45. The van der Waals surface area contributed by atoms with Crippen molar-refractivity contribution in [1.29, 1.82) is 5.26 Å². The van der Waals surface area contributed by atoms with Crippen molar-refractivity contribution in [1.82, 2.24) is 15.6 Å². The lowest BCUT2D eigenvalue weighted by molar-refractivity contribution is 0.174. The van der Waals surface area contributed by atoms with Crippen LogP contribution in [0, 0.1) is 11.3 Å². The second-order valence-electron chi connectivity index (χ2n) is 9.15. The van der Waals surface area contributed by atoms with Gasteiger partial charge in [-0.15, -0.1) is 0 Å². The molecule has 8 nitrogen and oxygen atoms in total. The summed E-state index contributed by atoms with van der Waals surface area (Å²) in [7, 11) is 3.68. The number of aromatic nitrogens is 1. The molecule has 0 saturated heterocycles. The Bertz CT molecular complexity index is 1240. The maximum atomic E-state index is 9.01. The van der Waals surface area contributed by atoms with Crippen molar-refractivity contribution in [3.8, 4) is 23.3 Å². The van der Waals surface area contributed by atoms with E-state index in [0.29, 0.717) is 29.1 Å². The van der Waals surface area contributed by atoms with Gasteiger partial charge in [-0.3, -0.25) is 4.98 Å². The molecule has 4 N–H and O–H groups in total. The first kappa shape index (κ1) is 25.5. The number of nitrogen functional groups attached to an aromatic ring is 1. The van der Waals surface area contributed by atoms with E-state index >= 15 is 0 Å². The predicted molar refractivity (Wildman–Crippen MR) is 141 cm³/mol. The molecule has 5 rings (SSSR count). The fraction of sp³-hybridized carbons (Fsp3) is 0.429. The highest BCUT2D eigenvalue weighted by Gasteiger charge is 2.21. The number of nitrogens with two attached hydrogens (primary N) is 1. The molecule has 1 aliphatic heterocycles. The summed E-state index contributed by atoms with van der Waals surface area (Å²) in [5.41, 5.74) is 10.4. The molecular formula is C28H35N5O3. The zero-order chi connectivity index (χ0) is 25.5. The number of fused-ring (bicyclic) bond motifs is 2. The second kappa shape index (κ2) is 11.9. The van der Waals surface area contributed by atoms with Gasteiger partial charge in [0.1, 0.15) is 11.8 Å². The summed E-state index contributed by atoms with van der Waals surface area (Å²) >= 11 is 0. The monoisotopic (exact) mass is 489 g/mol. The summed E-state index contributed by atoms with van der Waals surface area (Å²) in [6.45, 7) is 3.12. The molecule has 2 atom stereocenters. The van der Waals surface area contributed by atoms with Gasteiger partial charge in [0.05, 0.1) is 23.9 Å². The Kier molecular flexibility index (Phi) is 8.47. The van der Waals surface area contributed by atoms with E-state index in [0.717, 1.165) is 46.5 Å². The summed E-state index contributed by atoms with van der Waals surface area (Å²) in [5.74, 6) is 2.24. The Labute approximate surface area is 212 Å². The number of nitrogens with zero attached hydrogens (tertiary/aromatic N) is 2. The third-order valence-electron chi connectivity index (χ3n) is 6.90. The topological polar surface area (TPSA) is 114 Å². The van der Waals surface area contributed by atoms with Crippen LogP contribution in [0.4, 0.5) is 5.69 Å². The van der Waals surface area contributed by atoms with Gasteiger partial charge >= 0.3 is 0 Å². The molecule has 0 radical (unpaired) electrons. The van der Waals surface area contributed by atoms with Crippen LogP contribution in [0.15, 0.2) is 36.5 Å². The van der Waals surface area contributed by atoms with Gasteiger partial charge < -0.3 is 30.6 Å². The average Bonchev–Trinajstić information content (AvgIpc) is 3.40. The highest BCUT2D eigenvalue weighted by Crippen LogP contribution is 2.38. The van der Waals surface area contributed by atoms with Gasteiger partial charge in [-0.25, -0.2) is 0 Å². The molecule has 0 bridgehead atoms. The summed E-state index contributed by atoms with van der Waals surface area (Å²) in [6, 6.07) is 13.1. The normalized spacial score (nSPS) is 18.3. The number of nitrogens with one attached hydrogen (secondary N) is 2. The number of aryl methyl sites for hydroxylation is 1. The molecule has 2 aromatic carbocycles. The van der Waals surface area contributed by atoms with E-state index in [4.69, 9.17) is 25.2 Å². The zero-order valence-corrected chi connectivity index (χ0v) is 21.3. The van der Waals surface area contributed by atoms with Crippen molar-refractivity contribution in [3.63, 3.8) is 0 Å². The fourth-order valence-corrected chi connectivity index (χ4v) is 4.93. The lowest BCUT2D eigenvalue weighted by Gasteiger charge is -2.29. The van der Waals surface area contributed by atoms with Crippen LogP contribution in [0.3, 0.4) is 0 Å². The van der Waals surface area contributed by atoms with Crippen LogP contribution in [-0.4, -0.2) is 38.0 Å². The molecule has 3 aromatic rings. The highest BCUT2D eigenvalue weighted by atomic mass is 16.7. The van der Waals surface area contributed by atoms with Gasteiger partial charge in [0.2, 0.25) is 6.79 Å². The van der Waals surface area contributed by atoms with Crippen molar-refractivity contribution in [2.45, 2.75) is 57.7 Å². The van der Waals surface area contributed by atoms with Crippen LogP contribution in [0.2, 0.25) is 0 Å². The van der Waals surface area contributed by atoms with Crippen molar-refractivity contribution < 1.29 is 14.2 Å². The molecule has 1 saturated carbocycles. The largest absolute Gasteiger partial charge is 0.497 e. The molecule has 1 aromatic heterocycles. The number of hydrogen-bond donors (Lipinski definition) is 3. The lowest BCUT2D eigenvalue weighted by atomic mass is 9.91. The number of nitriles is 1. The minimum absolute atomic E-state index is 0.267. The number of hydrogen-bond acceptors (Lipinski definition) is 8. The quantitative estimate of drug-likeness (QED) is 0.439. The van der Waals surface area contributed by atoms with Crippen LogP contribution in [0.5, 0.6) is 17.2 Å². The standard InChI is InChI=1S/C15H23N3O2.C13H12N2O/c1-17-11-3-2-4-12(7-11)18-8-10-5-13(16)15-14(6-10)19-9-20-15;1-3-11-9(7-14)8-15-13-5-4-10(16-2)6-12(11)13/h5-6,11-12,17-18H,2-4,7-9,16H2,1H3;4-6,8H,3H2,1-2H3. The molecule has 2 heterocycles. The SMILES string of the molecule is CCc1c(C#N)cnc2ccc(OC)cc12.CNC1CCCC(NCc2cc(N)c3c(c2)OCO3)C1. The van der Waals surface area contributed by atoms with Gasteiger partial charge in [-0.2, -0.15) is 5.26 Å². The van der Waals surface area contributed by atoms with Gasteiger partial charge in [0, 0.05) is 30.2 Å². The highest BCUT2D eigenvalue weighted by molar-refractivity contribution is 5.85. The van der Waals surface area contributed by atoms with E-state index in [1.54, 1.807) is 13.3 Å². The number of methoxy groups -OCH3 is 1. The predicted octanol–water partition coefficient (Wildman–Crippen LogP) is 4.30. The van der Waals surface area contributed by atoms with Gasteiger partial charge in [0.15, 0.2) is 11.5 Å². The Morgan fingerprint density at radius 3 is 2.78 bits per heavy atom. The number of anilines is 1. The van der Waals surface area contributed by atoms with E-state index in [1.165, 1.54) is 25.7 Å². The average molecular weight is 490 g/mol. The maximum Gasteiger partial charge on any atom is 0.231 e. The third-order valence-corrected chi connectivity index (χ3v) is 6.90. The fourth-order valence-electron chi connectivity index (χ4n) is 4.93. The van der Waals surface area contributed by atoms with Gasteiger partial charge in [0.25, 0.3) is 0 Å². The Hall–Kier alpha value is -3.54. The molecule has 1 fully saturated rings. The number of rotatable bonds is 6. The maximum absolute atomic E-state index is 9.01. The molecule has 190 valence electrons. The van der Waals surface area contributed by atoms with E-state index in [2.05, 4.69) is 21.7 Å². The molecule has 1 aliphatic carbocycles. The van der Waals surface area contributed by atoms with E-state index in [9.17, 15) is 0 Å². The van der Waals surface area contributed by atoms with E-state index in [1.807, 2.05) is 44.3 Å². The van der Waals surface area contributed by atoms with Crippen LogP contribution in [0.1, 0.15) is 49.3 Å². The Balaban J connectivity index is 0.000000174.